The number of nitrogens with one attached hydrogen (secondary N) is 2. The number of aromatic nitrogens is 4. The first kappa shape index (κ1) is 18.4. The lowest BCUT2D eigenvalue weighted by Gasteiger charge is -2.20. The van der Waals surface area contributed by atoms with Gasteiger partial charge >= 0.3 is 0 Å². The van der Waals surface area contributed by atoms with Gasteiger partial charge < -0.3 is 20.3 Å². The van der Waals surface area contributed by atoms with E-state index in [9.17, 15) is 9.90 Å². The van der Waals surface area contributed by atoms with Gasteiger partial charge in [0.2, 0.25) is 0 Å². The van der Waals surface area contributed by atoms with E-state index in [1.54, 1.807) is 29.4 Å². The Bertz CT molecular complexity index is 1030. The third kappa shape index (κ3) is 3.55. The van der Waals surface area contributed by atoms with Gasteiger partial charge in [0.25, 0.3) is 5.56 Å². The van der Waals surface area contributed by atoms with Crippen LogP contribution < -0.4 is 16.2 Å². The molecule has 3 heterocycles. The van der Waals surface area contributed by atoms with Crippen LogP contribution in [0, 0.1) is 0 Å². The summed E-state index contributed by atoms with van der Waals surface area (Å²) in [5, 5.41) is 18.0. The van der Waals surface area contributed by atoms with E-state index >= 15 is 0 Å². The Labute approximate surface area is 162 Å². The van der Waals surface area contributed by atoms with Crippen LogP contribution in [0.3, 0.4) is 0 Å². The molecule has 0 aromatic carbocycles. The number of anilines is 3. The first-order valence-corrected chi connectivity index (χ1v) is 9.56. The van der Waals surface area contributed by atoms with Gasteiger partial charge in [-0.1, -0.05) is 0 Å². The number of aliphatic hydroxyl groups excluding tert-OH is 1. The molecular formula is C20H24N6O2. The highest BCUT2D eigenvalue weighted by molar-refractivity contribution is 5.93. The van der Waals surface area contributed by atoms with E-state index in [-0.39, 0.29) is 17.6 Å². The molecule has 4 rings (SSSR count). The molecule has 0 spiro atoms. The molecule has 0 bridgehead atoms. The second-order valence-electron chi connectivity index (χ2n) is 7.41. The maximum Gasteiger partial charge on any atom is 0.262 e. The van der Waals surface area contributed by atoms with Crippen molar-refractivity contribution in [3.8, 4) is 0 Å². The highest BCUT2D eigenvalue weighted by atomic mass is 16.3. The molecule has 8 nitrogen and oxygen atoms in total. The Morgan fingerprint density at radius 2 is 2.11 bits per heavy atom. The van der Waals surface area contributed by atoms with Crippen molar-refractivity contribution in [1.29, 1.82) is 0 Å². The lowest BCUT2D eigenvalue weighted by atomic mass is 10.1. The number of fused-ring (bicyclic) bond motifs is 1. The summed E-state index contributed by atoms with van der Waals surface area (Å²) in [6.07, 6.45) is 8.71. The molecule has 3 N–H and O–H groups in total. The van der Waals surface area contributed by atoms with Crippen molar-refractivity contribution in [2.45, 2.75) is 51.3 Å². The van der Waals surface area contributed by atoms with Crippen molar-refractivity contribution in [2.75, 3.05) is 10.6 Å². The van der Waals surface area contributed by atoms with E-state index in [0.29, 0.717) is 22.8 Å². The fraction of sp³-hybridized carbons (Fsp3) is 0.400. The van der Waals surface area contributed by atoms with Crippen LogP contribution in [0.4, 0.5) is 17.5 Å². The molecular weight excluding hydrogens is 356 g/mol. The minimum atomic E-state index is -0.440. The molecule has 0 saturated heterocycles. The monoisotopic (exact) mass is 380 g/mol. The normalized spacial score (nSPS) is 19.3. The van der Waals surface area contributed by atoms with Crippen molar-refractivity contribution in [1.82, 2.24) is 19.5 Å². The zero-order valence-corrected chi connectivity index (χ0v) is 16.0. The van der Waals surface area contributed by atoms with Crippen LogP contribution in [0.15, 0.2) is 41.7 Å². The zero-order chi connectivity index (χ0) is 19.7. The average molecular weight is 380 g/mol. The molecule has 2 atom stereocenters. The Balaban J connectivity index is 1.82. The molecule has 28 heavy (non-hydrogen) atoms. The third-order valence-corrected chi connectivity index (χ3v) is 5.09. The highest BCUT2D eigenvalue weighted by Crippen LogP contribution is 2.28. The summed E-state index contributed by atoms with van der Waals surface area (Å²) in [4.78, 5) is 26.0. The topological polar surface area (TPSA) is 105 Å². The molecule has 0 unspecified atom stereocenters. The number of hydrogen-bond acceptors (Lipinski definition) is 7. The summed E-state index contributed by atoms with van der Waals surface area (Å²) < 4.78 is 1.69. The van der Waals surface area contributed by atoms with Crippen molar-refractivity contribution < 1.29 is 5.11 Å². The first-order valence-electron chi connectivity index (χ1n) is 9.56. The van der Waals surface area contributed by atoms with E-state index < -0.39 is 6.10 Å². The number of pyridine rings is 2. The summed E-state index contributed by atoms with van der Waals surface area (Å²) >= 11 is 0. The molecule has 3 aromatic rings. The number of aliphatic hydroxyl groups is 1. The second kappa shape index (κ2) is 7.55. The van der Waals surface area contributed by atoms with Crippen LogP contribution in [0.5, 0.6) is 0 Å². The van der Waals surface area contributed by atoms with Crippen LogP contribution in [-0.4, -0.2) is 36.8 Å². The van der Waals surface area contributed by atoms with Crippen LogP contribution in [0.2, 0.25) is 0 Å². The number of rotatable bonds is 5. The van der Waals surface area contributed by atoms with Gasteiger partial charge in [0.1, 0.15) is 17.5 Å². The largest absolute Gasteiger partial charge is 0.391 e. The summed E-state index contributed by atoms with van der Waals surface area (Å²) in [5.41, 5.74) is -0.0963. The van der Waals surface area contributed by atoms with Gasteiger partial charge in [-0.25, -0.2) is 9.97 Å². The van der Waals surface area contributed by atoms with E-state index in [0.717, 1.165) is 24.6 Å². The smallest absolute Gasteiger partial charge is 0.262 e. The van der Waals surface area contributed by atoms with Gasteiger partial charge in [0, 0.05) is 24.6 Å². The van der Waals surface area contributed by atoms with Gasteiger partial charge in [-0.15, -0.1) is 0 Å². The summed E-state index contributed by atoms with van der Waals surface area (Å²) in [5.74, 6) is 1.61. The number of hydrogen-bond donors (Lipinski definition) is 3. The highest BCUT2D eigenvalue weighted by Gasteiger charge is 2.26. The molecule has 0 amide bonds. The Hall–Kier alpha value is -3.00. The van der Waals surface area contributed by atoms with Crippen LogP contribution in [0.25, 0.3) is 10.8 Å². The van der Waals surface area contributed by atoms with Gasteiger partial charge in [-0.3, -0.25) is 9.78 Å². The molecule has 1 aliphatic carbocycles. The van der Waals surface area contributed by atoms with E-state index in [4.69, 9.17) is 0 Å². The maximum atomic E-state index is 13.1. The Kier molecular flexibility index (Phi) is 4.95. The van der Waals surface area contributed by atoms with E-state index in [2.05, 4.69) is 25.6 Å². The van der Waals surface area contributed by atoms with Crippen LogP contribution in [-0.2, 0) is 0 Å². The lowest BCUT2D eigenvalue weighted by Crippen LogP contribution is -2.30. The summed E-state index contributed by atoms with van der Waals surface area (Å²) in [6.45, 7) is 3.94. The van der Waals surface area contributed by atoms with Crippen LogP contribution in [0.1, 0.15) is 39.2 Å². The van der Waals surface area contributed by atoms with Crippen molar-refractivity contribution >= 4 is 28.2 Å². The van der Waals surface area contributed by atoms with Crippen molar-refractivity contribution in [3.63, 3.8) is 0 Å². The average Bonchev–Trinajstić information content (AvgIpc) is 3.07. The Morgan fingerprint density at radius 3 is 2.79 bits per heavy atom. The summed E-state index contributed by atoms with van der Waals surface area (Å²) in [7, 11) is 0. The second-order valence-corrected chi connectivity index (χ2v) is 7.41. The molecule has 8 heteroatoms. The standard InChI is InChI=1S/C20H24N6O2/c1-12(2)26-9-6-13-10-16(24-17-11-21-7-8-22-17)25-19(18(13)20(26)28)23-14-4-3-5-15(14)27/h6-12,14-15,27H,3-5H2,1-2H3,(H2,22,23,24,25)/t14-,15+/m0/s1. The predicted molar refractivity (Wildman–Crippen MR) is 109 cm³/mol. The van der Waals surface area contributed by atoms with E-state index in [1.165, 1.54) is 0 Å². The SMILES string of the molecule is CC(C)n1ccc2cc(Nc3cnccn3)nc(N[C@H]3CCC[C@H]3O)c2c1=O. The molecule has 3 aromatic heterocycles. The quantitative estimate of drug-likeness (QED) is 0.625. The van der Waals surface area contributed by atoms with Crippen molar-refractivity contribution in [3.05, 3.63) is 47.3 Å². The zero-order valence-electron chi connectivity index (χ0n) is 16.0. The molecule has 1 aliphatic rings. The summed E-state index contributed by atoms with van der Waals surface area (Å²) in [6, 6.07) is 3.66. The maximum absolute atomic E-state index is 13.1. The fourth-order valence-electron chi connectivity index (χ4n) is 3.63. The molecule has 1 fully saturated rings. The first-order chi connectivity index (χ1) is 13.5. The van der Waals surface area contributed by atoms with Crippen molar-refractivity contribution in [2.24, 2.45) is 0 Å². The van der Waals surface area contributed by atoms with Gasteiger partial charge in [0.05, 0.1) is 23.7 Å². The minimum Gasteiger partial charge on any atom is -0.391 e. The Morgan fingerprint density at radius 1 is 1.25 bits per heavy atom. The van der Waals surface area contributed by atoms with Crippen LogP contribution >= 0.6 is 0 Å². The van der Waals surface area contributed by atoms with Gasteiger partial charge in [-0.2, -0.15) is 0 Å². The van der Waals surface area contributed by atoms with E-state index in [1.807, 2.05) is 26.0 Å². The third-order valence-electron chi connectivity index (χ3n) is 5.09. The molecule has 0 aliphatic heterocycles. The predicted octanol–water partition coefficient (Wildman–Crippen LogP) is 2.84. The van der Waals surface area contributed by atoms with Gasteiger partial charge in [0.15, 0.2) is 0 Å². The lowest BCUT2D eigenvalue weighted by molar-refractivity contribution is 0.171. The fourth-order valence-corrected chi connectivity index (χ4v) is 3.63. The number of nitrogens with zero attached hydrogens (tertiary/aromatic N) is 4. The minimum absolute atomic E-state index is 0.0409. The van der Waals surface area contributed by atoms with Gasteiger partial charge in [-0.05, 0) is 50.6 Å². The molecule has 1 saturated carbocycles. The molecule has 146 valence electrons. The molecule has 0 radical (unpaired) electrons.